The summed E-state index contributed by atoms with van der Waals surface area (Å²) in [5, 5.41) is 12.3. The second-order valence-electron chi connectivity index (χ2n) is 5.18. The molecule has 0 saturated heterocycles. The number of likely N-dealkylation sites (N-methyl/N-ethyl adjacent to an activating group) is 1. The van der Waals surface area contributed by atoms with E-state index in [0.717, 1.165) is 31.7 Å². The average Bonchev–Trinajstić information content (AvgIpc) is 2.45. The highest BCUT2D eigenvalue weighted by atomic mass is 16.4. The largest absolute Gasteiger partial charge is 0.478 e. The standard InChI is InChI=1S/C16H26N2O2/c1-4-10-18(5-2)12-13(3)17-11-14-6-8-15(9-7-14)16(19)20/h6-9,13,17H,4-5,10-12H2,1-3H3,(H,19,20)/t13-/m0/s1. The van der Waals surface area contributed by atoms with E-state index in [1.54, 1.807) is 12.1 Å². The van der Waals surface area contributed by atoms with Gasteiger partial charge in [-0.05, 0) is 44.1 Å². The van der Waals surface area contributed by atoms with Crippen LogP contribution in [0.5, 0.6) is 0 Å². The fourth-order valence-corrected chi connectivity index (χ4v) is 2.20. The van der Waals surface area contributed by atoms with Crippen LogP contribution in [-0.2, 0) is 6.54 Å². The molecule has 1 atom stereocenters. The van der Waals surface area contributed by atoms with Gasteiger partial charge in [-0.1, -0.05) is 26.0 Å². The minimum atomic E-state index is -0.879. The summed E-state index contributed by atoms with van der Waals surface area (Å²) in [5.74, 6) is -0.879. The number of nitrogens with one attached hydrogen (secondary N) is 1. The molecule has 0 aliphatic rings. The minimum Gasteiger partial charge on any atom is -0.478 e. The normalized spacial score (nSPS) is 12.6. The second-order valence-corrected chi connectivity index (χ2v) is 5.18. The van der Waals surface area contributed by atoms with Gasteiger partial charge < -0.3 is 15.3 Å². The predicted octanol–water partition coefficient (Wildman–Crippen LogP) is 2.59. The van der Waals surface area contributed by atoms with Crippen LogP contribution < -0.4 is 5.32 Å². The van der Waals surface area contributed by atoms with Gasteiger partial charge in [-0.3, -0.25) is 0 Å². The lowest BCUT2D eigenvalue weighted by molar-refractivity contribution is 0.0697. The summed E-state index contributed by atoms with van der Waals surface area (Å²) < 4.78 is 0. The first-order valence-electron chi connectivity index (χ1n) is 7.34. The molecule has 1 aromatic carbocycles. The number of carboxylic acid groups (broad SMARTS) is 1. The van der Waals surface area contributed by atoms with E-state index in [-0.39, 0.29) is 0 Å². The zero-order valence-electron chi connectivity index (χ0n) is 12.7. The quantitative estimate of drug-likeness (QED) is 0.729. The van der Waals surface area contributed by atoms with Gasteiger partial charge in [0, 0.05) is 19.1 Å². The van der Waals surface area contributed by atoms with Crippen molar-refractivity contribution in [2.24, 2.45) is 0 Å². The Labute approximate surface area is 121 Å². The lowest BCUT2D eigenvalue weighted by Crippen LogP contribution is -2.39. The number of aromatic carboxylic acids is 1. The number of hydrogen-bond donors (Lipinski definition) is 2. The van der Waals surface area contributed by atoms with Gasteiger partial charge in [0.15, 0.2) is 0 Å². The molecule has 1 aromatic rings. The van der Waals surface area contributed by atoms with Crippen LogP contribution >= 0.6 is 0 Å². The van der Waals surface area contributed by atoms with Crippen molar-refractivity contribution in [1.82, 2.24) is 10.2 Å². The Morgan fingerprint density at radius 2 is 1.95 bits per heavy atom. The zero-order valence-corrected chi connectivity index (χ0v) is 12.7. The first kappa shape index (κ1) is 16.7. The Bertz CT molecular complexity index is 403. The van der Waals surface area contributed by atoms with E-state index in [0.29, 0.717) is 11.6 Å². The van der Waals surface area contributed by atoms with E-state index in [1.807, 2.05) is 12.1 Å². The SMILES string of the molecule is CCCN(CC)C[C@H](C)NCc1ccc(C(=O)O)cc1. The molecule has 112 valence electrons. The average molecular weight is 278 g/mol. The summed E-state index contributed by atoms with van der Waals surface area (Å²) in [5.41, 5.74) is 1.45. The van der Waals surface area contributed by atoms with Gasteiger partial charge in [0.25, 0.3) is 0 Å². The molecule has 0 aliphatic heterocycles. The third-order valence-corrected chi connectivity index (χ3v) is 3.37. The molecule has 0 aliphatic carbocycles. The molecule has 20 heavy (non-hydrogen) atoms. The molecule has 0 bridgehead atoms. The summed E-state index contributed by atoms with van der Waals surface area (Å²) in [6.45, 7) is 10.6. The van der Waals surface area contributed by atoms with Crippen molar-refractivity contribution in [2.45, 2.75) is 39.8 Å². The van der Waals surface area contributed by atoms with Gasteiger partial charge in [0.05, 0.1) is 5.56 Å². The maximum Gasteiger partial charge on any atom is 0.335 e. The van der Waals surface area contributed by atoms with E-state index in [1.165, 1.54) is 6.42 Å². The highest BCUT2D eigenvalue weighted by Crippen LogP contribution is 2.05. The minimum absolute atomic E-state index is 0.335. The highest BCUT2D eigenvalue weighted by Gasteiger charge is 2.08. The lowest BCUT2D eigenvalue weighted by atomic mass is 10.1. The van der Waals surface area contributed by atoms with Crippen LogP contribution in [0.3, 0.4) is 0 Å². The van der Waals surface area contributed by atoms with Crippen molar-refractivity contribution in [3.05, 3.63) is 35.4 Å². The van der Waals surface area contributed by atoms with E-state index in [2.05, 4.69) is 31.0 Å². The Kier molecular flexibility index (Phi) is 7.26. The fourth-order valence-electron chi connectivity index (χ4n) is 2.20. The Morgan fingerprint density at radius 3 is 2.45 bits per heavy atom. The number of benzene rings is 1. The lowest BCUT2D eigenvalue weighted by Gasteiger charge is -2.24. The van der Waals surface area contributed by atoms with Gasteiger partial charge in [-0.25, -0.2) is 4.79 Å². The van der Waals surface area contributed by atoms with E-state index < -0.39 is 5.97 Å². The van der Waals surface area contributed by atoms with Crippen LogP contribution in [0, 0.1) is 0 Å². The summed E-state index contributed by atoms with van der Waals surface area (Å²) in [6.07, 6.45) is 1.18. The smallest absolute Gasteiger partial charge is 0.335 e. The van der Waals surface area contributed by atoms with E-state index in [4.69, 9.17) is 5.11 Å². The molecule has 0 aromatic heterocycles. The van der Waals surface area contributed by atoms with Crippen molar-refractivity contribution in [3.63, 3.8) is 0 Å². The predicted molar refractivity (Wildman–Crippen MR) is 82.1 cm³/mol. The molecule has 2 N–H and O–H groups in total. The van der Waals surface area contributed by atoms with Crippen LogP contribution in [0.15, 0.2) is 24.3 Å². The van der Waals surface area contributed by atoms with Crippen LogP contribution in [0.2, 0.25) is 0 Å². The maximum atomic E-state index is 10.8. The van der Waals surface area contributed by atoms with Crippen molar-refractivity contribution in [1.29, 1.82) is 0 Å². The van der Waals surface area contributed by atoms with Gasteiger partial charge >= 0.3 is 5.97 Å². The molecule has 1 rings (SSSR count). The van der Waals surface area contributed by atoms with Crippen molar-refractivity contribution < 1.29 is 9.90 Å². The summed E-state index contributed by atoms with van der Waals surface area (Å²) in [6, 6.07) is 7.46. The topological polar surface area (TPSA) is 52.6 Å². The molecule has 0 fully saturated rings. The summed E-state index contributed by atoms with van der Waals surface area (Å²) in [7, 11) is 0. The van der Waals surface area contributed by atoms with Crippen LogP contribution in [0.1, 0.15) is 43.1 Å². The molecule has 4 heteroatoms. The van der Waals surface area contributed by atoms with Crippen molar-refractivity contribution in [3.8, 4) is 0 Å². The molecular weight excluding hydrogens is 252 g/mol. The molecule has 0 unspecified atom stereocenters. The van der Waals surface area contributed by atoms with Gasteiger partial charge in [-0.2, -0.15) is 0 Å². The number of carboxylic acids is 1. The van der Waals surface area contributed by atoms with Crippen LogP contribution in [0.25, 0.3) is 0 Å². The first-order valence-corrected chi connectivity index (χ1v) is 7.34. The van der Waals surface area contributed by atoms with E-state index >= 15 is 0 Å². The number of rotatable bonds is 9. The highest BCUT2D eigenvalue weighted by molar-refractivity contribution is 5.87. The van der Waals surface area contributed by atoms with Crippen LogP contribution in [-0.4, -0.2) is 41.7 Å². The molecule has 0 saturated carbocycles. The number of carbonyl (C=O) groups is 1. The summed E-state index contributed by atoms with van der Waals surface area (Å²) >= 11 is 0. The fraction of sp³-hybridized carbons (Fsp3) is 0.562. The second kappa shape index (κ2) is 8.72. The maximum absolute atomic E-state index is 10.8. The van der Waals surface area contributed by atoms with Crippen LogP contribution in [0.4, 0.5) is 0 Å². The van der Waals surface area contributed by atoms with Crippen molar-refractivity contribution in [2.75, 3.05) is 19.6 Å². The third kappa shape index (κ3) is 5.72. The molecule has 0 heterocycles. The Balaban J connectivity index is 2.40. The summed E-state index contributed by atoms with van der Waals surface area (Å²) in [4.78, 5) is 13.2. The zero-order chi connectivity index (χ0) is 15.0. The number of nitrogens with zero attached hydrogens (tertiary/aromatic N) is 1. The van der Waals surface area contributed by atoms with Gasteiger partial charge in [-0.15, -0.1) is 0 Å². The Hall–Kier alpha value is -1.39. The van der Waals surface area contributed by atoms with E-state index in [9.17, 15) is 4.79 Å². The molecule has 4 nitrogen and oxygen atoms in total. The van der Waals surface area contributed by atoms with Crippen molar-refractivity contribution >= 4 is 5.97 Å². The third-order valence-electron chi connectivity index (χ3n) is 3.37. The monoisotopic (exact) mass is 278 g/mol. The number of hydrogen-bond acceptors (Lipinski definition) is 3. The molecular formula is C16H26N2O2. The van der Waals surface area contributed by atoms with Gasteiger partial charge in [0.2, 0.25) is 0 Å². The molecule has 0 spiro atoms. The van der Waals surface area contributed by atoms with Gasteiger partial charge in [0.1, 0.15) is 0 Å². The molecule has 0 amide bonds. The first-order chi connectivity index (χ1) is 9.56. The molecule has 0 radical (unpaired) electrons. The Morgan fingerprint density at radius 1 is 1.30 bits per heavy atom.